The summed E-state index contributed by atoms with van der Waals surface area (Å²) in [6, 6.07) is 10.6. The predicted molar refractivity (Wildman–Crippen MR) is 97.7 cm³/mol. The molecule has 0 aliphatic rings. The van der Waals surface area contributed by atoms with Gasteiger partial charge in [-0.1, -0.05) is 41.9 Å². The normalized spacial score (nSPS) is 11.3. The third kappa shape index (κ3) is 6.59. The summed E-state index contributed by atoms with van der Waals surface area (Å²) < 4.78 is 18.0. The first-order chi connectivity index (χ1) is 12.8. The van der Waals surface area contributed by atoms with Crippen molar-refractivity contribution < 1.29 is 23.5 Å². The highest BCUT2D eigenvalue weighted by Crippen LogP contribution is 2.19. The van der Waals surface area contributed by atoms with Crippen molar-refractivity contribution >= 4 is 35.2 Å². The van der Waals surface area contributed by atoms with Gasteiger partial charge in [0.25, 0.3) is 5.91 Å². The van der Waals surface area contributed by atoms with E-state index >= 15 is 0 Å². The quantitative estimate of drug-likeness (QED) is 0.626. The van der Waals surface area contributed by atoms with Gasteiger partial charge in [-0.15, -0.1) is 0 Å². The molecule has 7 nitrogen and oxygen atoms in total. The molecular weight excluding hydrogens is 377 g/mol. The fraction of sp³-hybridized carbons (Fsp3) is 0.167. The van der Waals surface area contributed by atoms with Crippen molar-refractivity contribution in [2.45, 2.75) is 12.5 Å². The summed E-state index contributed by atoms with van der Waals surface area (Å²) in [5.41, 5.74) is 6.11. The lowest BCUT2D eigenvalue weighted by molar-refractivity contribution is -0.149. The first-order valence-electron chi connectivity index (χ1n) is 7.86. The maximum absolute atomic E-state index is 13.1. The monoisotopic (exact) mass is 393 g/mol. The molecule has 0 radical (unpaired) electrons. The van der Waals surface area contributed by atoms with E-state index in [-0.39, 0.29) is 17.1 Å². The molecule has 9 heteroatoms. The van der Waals surface area contributed by atoms with Gasteiger partial charge < -0.3 is 21.1 Å². The fourth-order valence-corrected chi connectivity index (χ4v) is 2.40. The zero-order valence-corrected chi connectivity index (χ0v) is 14.8. The third-order valence-corrected chi connectivity index (χ3v) is 3.72. The molecule has 0 aliphatic carbocycles. The molecule has 3 amide bonds. The number of anilines is 1. The number of carbonyl (C=O) groups is 3. The largest absolute Gasteiger partial charge is 0.454 e. The number of carbonyl (C=O) groups excluding carboxylic acids is 3. The number of nitrogens with one attached hydrogen (secondary N) is 2. The molecule has 0 aromatic heterocycles. The Hall–Kier alpha value is -3.13. The average molecular weight is 394 g/mol. The van der Waals surface area contributed by atoms with Crippen LogP contribution in [-0.2, 0) is 20.7 Å². The Balaban J connectivity index is 1.92. The third-order valence-electron chi connectivity index (χ3n) is 3.43. The first kappa shape index (κ1) is 20.2. The number of rotatable bonds is 7. The second kappa shape index (κ2) is 9.54. The Bertz CT molecular complexity index is 833. The Kier molecular flexibility index (Phi) is 7.13. The number of nitrogens with two attached hydrogens (primary N) is 1. The summed E-state index contributed by atoms with van der Waals surface area (Å²) in [7, 11) is 0. The van der Waals surface area contributed by atoms with Crippen LogP contribution in [-0.4, -0.2) is 30.6 Å². The molecule has 0 saturated carbocycles. The topological polar surface area (TPSA) is 111 Å². The average Bonchev–Trinajstić information content (AvgIpc) is 2.63. The highest BCUT2D eigenvalue weighted by Gasteiger charge is 2.22. The Labute approximate surface area is 159 Å². The maximum Gasteiger partial charge on any atom is 0.329 e. The summed E-state index contributed by atoms with van der Waals surface area (Å²) in [4.78, 5) is 35.2. The molecule has 142 valence electrons. The molecule has 0 spiro atoms. The molecule has 2 aromatic rings. The van der Waals surface area contributed by atoms with E-state index < -0.39 is 36.4 Å². The van der Waals surface area contributed by atoms with Crippen molar-refractivity contribution in [1.29, 1.82) is 0 Å². The van der Waals surface area contributed by atoms with E-state index in [1.165, 1.54) is 12.1 Å². The minimum atomic E-state index is -1.04. The fourth-order valence-electron chi connectivity index (χ4n) is 2.22. The van der Waals surface area contributed by atoms with Gasteiger partial charge in [-0.2, -0.15) is 0 Å². The van der Waals surface area contributed by atoms with Gasteiger partial charge in [0.1, 0.15) is 11.9 Å². The van der Waals surface area contributed by atoms with Gasteiger partial charge in [0.15, 0.2) is 6.61 Å². The van der Waals surface area contributed by atoms with Gasteiger partial charge in [-0.05, 0) is 23.8 Å². The number of amides is 3. The standard InChI is InChI=1S/C18H17ClFN3O4/c19-13-9-12(6-7-14(13)20)22-16(24)10-27-17(25)15(23-18(21)26)8-11-4-2-1-3-5-11/h1-7,9,15H,8,10H2,(H,22,24)(H3,21,23,26)/t15-/m0/s1. The molecule has 2 aromatic carbocycles. The van der Waals surface area contributed by atoms with Gasteiger partial charge >= 0.3 is 12.0 Å². The van der Waals surface area contributed by atoms with Crippen LogP contribution in [0.15, 0.2) is 48.5 Å². The number of benzene rings is 2. The number of esters is 1. The SMILES string of the molecule is NC(=O)N[C@@H](Cc1ccccc1)C(=O)OCC(=O)Nc1ccc(F)c(Cl)c1. The molecule has 0 bridgehead atoms. The van der Waals surface area contributed by atoms with E-state index in [9.17, 15) is 18.8 Å². The summed E-state index contributed by atoms with van der Waals surface area (Å²) in [5.74, 6) is -2.09. The van der Waals surface area contributed by atoms with Crippen LogP contribution in [0.1, 0.15) is 5.56 Å². The van der Waals surface area contributed by atoms with Gasteiger partial charge in [0, 0.05) is 12.1 Å². The van der Waals surface area contributed by atoms with Crippen molar-refractivity contribution in [3.05, 3.63) is 64.9 Å². The molecule has 27 heavy (non-hydrogen) atoms. The molecule has 0 aliphatic heterocycles. The van der Waals surface area contributed by atoms with Crippen LogP contribution in [0.25, 0.3) is 0 Å². The van der Waals surface area contributed by atoms with E-state index in [1.54, 1.807) is 24.3 Å². The molecular formula is C18H17ClFN3O4. The second-order valence-electron chi connectivity index (χ2n) is 5.54. The van der Waals surface area contributed by atoms with Crippen molar-refractivity contribution in [2.75, 3.05) is 11.9 Å². The number of ether oxygens (including phenoxy) is 1. The molecule has 1 atom stereocenters. The molecule has 0 heterocycles. The first-order valence-corrected chi connectivity index (χ1v) is 8.24. The van der Waals surface area contributed by atoms with E-state index in [4.69, 9.17) is 22.1 Å². The van der Waals surface area contributed by atoms with Gasteiger partial charge in [0.05, 0.1) is 5.02 Å². The van der Waals surface area contributed by atoms with Crippen molar-refractivity contribution in [3.8, 4) is 0 Å². The lowest BCUT2D eigenvalue weighted by Crippen LogP contribution is -2.46. The predicted octanol–water partition coefficient (Wildman–Crippen LogP) is 2.24. The minimum Gasteiger partial charge on any atom is -0.454 e. The molecule has 0 unspecified atom stereocenters. The summed E-state index contributed by atoms with van der Waals surface area (Å²) in [6.45, 7) is -0.598. The molecule has 0 saturated heterocycles. The van der Waals surface area contributed by atoms with Crippen LogP contribution in [0.4, 0.5) is 14.9 Å². The van der Waals surface area contributed by atoms with Gasteiger partial charge in [-0.3, -0.25) is 4.79 Å². The van der Waals surface area contributed by atoms with Gasteiger partial charge in [-0.25, -0.2) is 14.0 Å². The van der Waals surface area contributed by atoms with Gasteiger partial charge in [0.2, 0.25) is 0 Å². The van der Waals surface area contributed by atoms with Crippen molar-refractivity contribution in [2.24, 2.45) is 5.73 Å². The number of primary amides is 1. The highest BCUT2D eigenvalue weighted by molar-refractivity contribution is 6.31. The van der Waals surface area contributed by atoms with Crippen LogP contribution in [0.3, 0.4) is 0 Å². The van der Waals surface area contributed by atoms with Crippen molar-refractivity contribution in [1.82, 2.24) is 5.32 Å². The number of halogens is 2. The maximum atomic E-state index is 13.1. The van der Waals surface area contributed by atoms with Crippen LogP contribution in [0, 0.1) is 5.82 Å². The lowest BCUT2D eigenvalue weighted by Gasteiger charge is -2.16. The number of urea groups is 1. The second-order valence-corrected chi connectivity index (χ2v) is 5.94. The Morgan fingerprint density at radius 2 is 1.85 bits per heavy atom. The Morgan fingerprint density at radius 1 is 1.15 bits per heavy atom. The van der Waals surface area contributed by atoms with Crippen molar-refractivity contribution in [3.63, 3.8) is 0 Å². The van der Waals surface area contributed by atoms with Crippen LogP contribution in [0.5, 0.6) is 0 Å². The van der Waals surface area contributed by atoms with Crippen LogP contribution >= 0.6 is 11.6 Å². The zero-order chi connectivity index (χ0) is 19.8. The Morgan fingerprint density at radius 3 is 2.48 bits per heavy atom. The highest BCUT2D eigenvalue weighted by atomic mass is 35.5. The minimum absolute atomic E-state index is 0.151. The molecule has 4 N–H and O–H groups in total. The van der Waals surface area contributed by atoms with E-state index in [0.29, 0.717) is 0 Å². The summed E-state index contributed by atoms with van der Waals surface area (Å²) in [5, 5.41) is 4.55. The molecule has 2 rings (SSSR count). The zero-order valence-electron chi connectivity index (χ0n) is 14.1. The number of hydrogen-bond donors (Lipinski definition) is 3. The molecule has 0 fully saturated rings. The van der Waals surface area contributed by atoms with E-state index in [1.807, 2.05) is 6.07 Å². The summed E-state index contributed by atoms with van der Waals surface area (Å²) in [6.07, 6.45) is 0.151. The van der Waals surface area contributed by atoms with E-state index in [2.05, 4.69) is 10.6 Å². The summed E-state index contributed by atoms with van der Waals surface area (Å²) >= 11 is 5.63. The van der Waals surface area contributed by atoms with E-state index in [0.717, 1.165) is 11.6 Å². The number of hydrogen-bond acceptors (Lipinski definition) is 4. The van der Waals surface area contributed by atoms with Crippen LogP contribution < -0.4 is 16.4 Å². The van der Waals surface area contributed by atoms with Crippen LogP contribution in [0.2, 0.25) is 5.02 Å². The lowest BCUT2D eigenvalue weighted by atomic mass is 10.1. The smallest absolute Gasteiger partial charge is 0.329 e.